The number of hydrogen-bond acceptors (Lipinski definition) is 1. The standard InChI is InChI=1S/C9H7N.Li.H/c1-2-6-9-8(4-1)5-3-7-10-9;;/h1-7H;;. The first-order chi connectivity index (χ1) is 4.97. The molecule has 0 saturated carbocycles. The van der Waals surface area contributed by atoms with Gasteiger partial charge in [-0.3, -0.25) is 4.98 Å². The van der Waals surface area contributed by atoms with Crippen LogP contribution in [-0.2, 0) is 0 Å². The van der Waals surface area contributed by atoms with E-state index in [0.717, 1.165) is 5.52 Å². The molecule has 1 aromatic heterocycles. The number of rotatable bonds is 0. The summed E-state index contributed by atoms with van der Waals surface area (Å²) >= 11 is 0. The van der Waals surface area contributed by atoms with E-state index in [1.807, 2.05) is 30.5 Å². The molecule has 0 N–H and O–H groups in total. The van der Waals surface area contributed by atoms with Gasteiger partial charge in [0.25, 0.3) is 0 Å². The zero-order chi connectivity index (χ0) is 6.81. The zero-order valence-corrected chi connectivity index (χ0v) is 5.49. The van der Waals surface area contributed by atoms with Crippen molar-refractivity contribution in [1.82, 2.24) is 4.98 Å². The van der Waals surface area contributed by atoms with Crippen molar-refractivity contribution < 1.29 is 0 Å². The van der Waals surface area contributed by atoms with E-state index in [1.165, 1.54) is 5.39 Å². The van der Waals surface area contributed by atoms with Gasteiger partial charge in [-0.1, -0.05) is 24.3 Å². The fourth-order valence-corrected chi connectivity index (χ4v) is 1.02. The molecule has 0 fully saturated rings. The molecule has 2 aromatic rings. The molecule has 1 nitrogen and oxygen atoms in total. The largest absolute Gasteiger partial charge is 0.256 e. The first-order valence-electron chi connectivity index (χ1n) is 3.26. The summed E-state index contributed by atoms with van der Waals surface area (Å²) in [4.78, 5) is 4.18. The van der Waals surface area contributed by atoms with Crippen LogP contribution in [-0.4, -0.2) is 23.8 Å². The molecule has 0 bridgehead atoms. The molecule has 0 radical (unpaired) electrons. The predicted octanol–water partition coefficient (Wildman–Crippen LogP) is 1.59. The van der Waals surface area contributed by atoms with Gasteiger partial charge in [0.05, 0.1) is 5.52 Å². The number of hydrogen-bond donors (Lipinski definition) is 0. The van der Waals surface area contributed by atoms with Crippen molar-refractivity contribution in [1.29, 1.82) is 0 Å². The Morgan fingerprint density at radius 2 is 1.64 bits per heavy atom. The van der Waals surface area contributed by atoms with Gasteiger partial charge in [-0.2, -0.15) is 0 Å². The third-order valence-corrected chi connectivity index (χ3v) is 1.51. The molecule has 0 aliphatic rings. The molecule has 0 amide bonds. The first-order valence-corrected chi connectivity index (χ1v) is 3.26. The van der Waals surface area contributed by atoms with Gasteiger partial charge >= 0.3 is 18.9 Å². The van der Waals surface area contributed by atoms with Gasteiger partial charge in [0.2, 0.25) is 0 Å². The van der Waals surface area contributed by atoms with Crippen molar-refractivity contribution in [3.05, 3.63) is 42.6 Å². The normalized spacial score (nSPS) is 9.09. The molecule has 2 heteroatoms. The second-order valence-corrected chi connectivity index (χ2v) is 2.20. The van der Waals surface area contributed by atoms with E-state index in [0.29, 0.717) is 0 Å². The number of nitrogens with zero attached hydrogens (tertiary/aromatic N) is 1. The van der Waals surface area contributed by atoms with E-state index in [9.17, 15) is 0 Å². The Hall–Kier alpha value is -0.773. The van der Waals surface area contributed by atoms with Gasteiger partial charge in [0.1, 0.15) is 0 Å². The van der Waals surface area contributed by atoms with Crippen molar-refractivity contribution in [3.63, 3.8) is 0 Å². The number of aromatic nitrogens is 1. The molecule has 50 valence electrons. The molecule has 0 spiro atoms. The minimum Gasteiger partial charge on any atom is -0.256 e. The molecule has 0 saturated heterocycles. The van der Waals surface area contributed by atoms with Crippen LogP contribution in [0.3, 0.4) is 0 Å². The summed E-state index contributed by atoms with van der Waals surface area (Å²) in [7, 11) is 0. The van der Waals surface area contributed by atoms with Crippen molar-refractivity contribution in [2.24, 2.45) is 0 Å². The predicted molar refractivity (Wildman–Crippen MR) is 48.9 cm³/mol. The van der Waals surface area contributed by atoms with Gasteiger partial charge in [-0.25, -0.2) is 0 Å². The molecule has 0 aliphatic carbocycles. The number of benzene rings is 1. The minimum absolute atomic E-state index is 0. The van der Waals surface area contributed by atoms with Gasteiger partial charge in [-0.05, 0) is 12.1 Å². The maximum Gasteiger partial charge on any atom is 0.0701 e. The Bertz CT molecular complexity index is 281. The van der Waals surface area contributed by atoms with E-state index in [-0.39, 0.29) is 18.9 Å². The Morgan fingerprint density at radius 3 is 2.45 bits per heavy atom. The van der Waals surface area contributed by atoms with Crippen molar-refractivity contribution in [3.8, 4) is 0 Å². The minimum atomic E-state index is 0. The monoisotopic (exact) mass is 137 g/mol. The summed E-state index contributed by atoms with van der Waals surface area (Å²) in [5.41, 5.74) is 1.06. The zero-order valence-electron chi connectivity index (χ0n) is 5.49. The van der Waals surface area contributed by atoms with Crippen LogP contribution < -0.4 is 0 Å². The van der Waals surface area contributed by atoms with E-state index in [4.69, 9.17) is 0 Å². The van der Waals surface area contributed by atoms with Gasteiger partial charge < -0.3 is 0 Å². The maximum absolute atomic E-state index is 4.18. The average molecular weight is 137 g/mol. The molecule has 0 unspecified atom stereocenters. The van der Waals surface area contributed by atoms with Crippen LogP contribution in [0.2, 0.25) is 0 Å². The second kappa shape index (κ2) is 3.57. The van der Waals surface area contributed by atoms with E-state index >= 15 is 0 Å². The summed E-state index contributed by atoms with van der Waals surface area (Å²) in [6.07, 6.45) is 1.81. The Kier molecular flexibility index (Phi) is 2.70. The quantitative estimate of drug-likeness (QED) is 0.502. The van der Waals surface area contributed by atoms with Crippen LogP contribution >= 0.6 is 0 Å². The number of pyridine rings is 1. The second-order valence-electron chi connectivity index (χ2n) is 2.20. The van der Waals surface area contributed by atoms with Crippen molar-refractivity contribution in [2.75, 3.05) is 0 Å². The Morgan fingerprint density at radius 1 is 0.909 bits per heavy atom. The molecule has 1 aromatic carbocycles. The maximum atomic E-state index is 4.18. The third-order valence-electron chi connectivity index (χ3n) is 1.51. The SMILES string of the molecule is [LiH].c1ccc2ncccc2c1. The fourth-order valence-electron chi connectivity index (χ4n) is 1.02. The molecule has 0 aliphatic heterocycles. The summed E-state index contributed by atoms with van der Waals surface area (Å²) in [5, 5.41) is 1.20. The third kappa shape index (κ3) is 1.62. The van der Waals surface area contributed by atoms with Crippen LogP contribution in [0.25, 0.3) is 10.9 Å². The van der Waals surface area contributed by atoms with E-state index in [2.05, 4.69) is 17.1 Å². The van der Waals surface area contributed by atoms with E-state index in [1.54, 1.807) is 0 Å². The molecule has 2 rings (SSSR count). The summed E-state index contributed by atoms with van der Waals surface area (Å²) in [6.45, 7) is 0. The number of para-hydroxylation sites is 1. The van der Waals surface area contributed by atoms with Crippen molar-refractivity contribution >= 4 is 29.8 Å². The number of fused-ring (bicyclic) bond motifs is 1. The summed E-state index contributed by atoms with van der Waals surface area (Å²) in [6, 6.07) is 12.1. The summed E-state index contributed by atoms with van der Waals surface area (Å²) < 4.78 is 0. The van der Waals surface area contributed by atoms with Gasteiger partial charge in [0.15, 0.2) is 0 Å². The van der Waals surface area contributed by atoms with Crippen LogP contribution in [0.15, 0.2) is 42.6 Å². The Labute approximate surface area is 77.6 Å². The molecule has 11 heavy (non-hydrogen) atoms. The summed E-state index contributed by atoms with van der Waals surface area (Å²) in [5.74, 6) is 0. The molecular weight excluding hydrogens is 129 g/mol. The average Bonchev–Trinajstić information content (AvgIpc) is 2.05. The smallest absolute Gasteiger partial charge is 0.0701 e. The molecular formula is C9H8LiN. The van der Waals surface area contributed by atoms with Crippen LogP contribution in [0.4, 0.5) is 0 Å². The topological polar surface area (TPSA) is 12.9 Å². The van der Waals surface area contributed by atoms with Crippen LogP contribution in [0.1, 0.15) is 0 Å². The molecule has 0 atom stereocenters. The first kappa shape index (κ1) is 8.33. The molecule has 1 heterocycles. The van der Waals surface area contributed by atoms with E-state index < -0.39 is 0 Å². The fraction of sp³-hybridized carbons (Fsp3) is 0. The van der Waals surface area contributed by atoms with Gasteiger partial charge in [0, 0.05) is 11.6 Å². The Balaban J connectivity index is 0.000000605. The van der Waals surface area contributed by atoms with Crippen LogP contribution in [0.5, 0.6) is 0 Å². The van der Waals surface area contributed by atoms with Gasteiger partial charge in [-0.15, -0.1) is 0 Å². The van der Waals surface area contributed by atoms with Crippen molar-refractivity contribution in [2.45, 2.75) is 0 Å². The van der Waals surface area contributed by atoms with Crippen LogP contribution in [0, 0.1) is 0 Å².